The van der Waals surface area contributed by atoms with Gasteiger partial charge in [-0.3, -0.25) is 0 Å². The third kappa shape index (κ3) is 2.23. The molecule has 96 valence electrons. The van der Waals surface area contributed by atoms with E-state index in [9.17, 15) is 0 Å². The molecule has 2 heterocycles. The van der Waals surface area contributed by atoms with Gasteiger partial charge in [-0.05, 0) is 25.0 Å². The molecule has 0 fully saturated rings. The number of hydrogen-bond donors (Lipinski definition) is 1. The highest BCUT2D eigenvalue weighted by atomic mass is 35.5. The second kappa shape index (κ2) is 5.02. The molecular formula is C14H18ClN3. The minimum absolute atomic E-state index is 0. The highest BCUT2D eigenvalue weighted by Crippen LogP contribution is 2.29. The van der Waals surface area contributed by atoms with Gasteiger partial charge in [0.15, 0.2) is 0 Å². The molecule has 1 unspecified atom stereocenters. The molecule has 0 spiro atoms. The Labute approximate surface area is 113 Å². The van der Waals surface area contributed by atoms with Crippen molar-refractivity contribution in [2.45, 2.75) is 32.2 Å². The fraction of sp³-hybridized carbons (Fsp3) is 0.357. The first kappa shape index (κ1) is 13.0. The van der Waals surface area contributed by atoms with E-state index in [1.807, 2.05) is 18.2 Å². The molecule has 4 heteroatoms. The zero-order chi connectivity index (χ0) is 11.8. The van der Waals surface area contributed by atoms with Gasteiger partial charge in [-0.15, -0.1) is 12.4 Å². The van der Waals surface area contributed by atoms with E-state index in [-0.39, 0.29) is 12.4 Å². The van der Waals surface area contributed by atoms with Crippen molar-refractivity contribution in [3.63, 3.8) is 0 Å². The number of anilines is 1. The Morgan fingerprint density at radius 1 is 1.39 bits per heavy atom. The molecule has 0 saturated heterocycles. The molecule has 3 rings (SSSR count). The first-order valence-corrected chi connectivity index (χ1v) is 6.17. The Kier molecular flexibility index (Phi) is 3.62. The van der Waals surface area contributed by atoms with Crippen LogP contribution in [0.15, 0.2) is 30.5 Å². The number of imidazole rings is 1. The molecule has 1 aliphatic heterocycles. The van der Waals surface area contributed by atoms with Gasteiger partial charge in [-0.1, -0.05) is 19.1 Å². The van der Waals surface area contributed by atoms with Crippen LogP contribution in [0.4, 0.5) is 5.69 Å². The predicted octanol–water partition coefficient (Wildman–Crippen LogP) is 3.45. The lowest BCUT2D eigenvalue weighted by atomic mass is 10.0. The smallest absolute Gasteiger partial charge is 0.112 e. The third-order valence-electron chi connectivity index (χ3n) is 3.47. The highest BCUT2D eigenvalue weighted by molar-refractivity contribution is 5.85. The lowest BCUT2D eigenvalue weighted by molar-refractivity contribution is 0.463. The van der Waals surface area contributed by atoms with Gasteiger partial charge in [-0.2, -0.15) is 0 Å². The molecule has 2 aromatic rings. The van der Waals surface area contributed by atoms with Crippen molar-refractivity contribution in [3.8, 4) is 11.3 Å². The molecule has 0 aliphatic carbocycles. The van der Waals surface area contributed by atoms with Crippen molar-refractivity contribution >= 4 is 18.1 Å². The van der Waals surface area contributed by atoms with E-state index in [0.29, 0.717) is 5.92 Å². The van der Waals surface area contributed by atoms with E-state index in [4.69, 9.17) is 10.7 Å². The van der Waals surface area contributed by atoms with E-state index in [1.165, 1.54) is 18.7 Å². The maximum Gasteiger partial charge on any atom is 0.112 e. The van der Waals surface area contributed by atoms with E-state index < -0.39 is 0 Å². The van der Waals surface area contributed by atoms with Gasteiger partial charge >= 0.3 is 0 Å². The second-order valence-corrected chi connectivity index (χ2v) is 4.85. The zero-order valence-electron chi connectivity index (χ0n) is 10.5. The lowest BCUT2D eigenvalue weighted by Gasteiger charge is -2.19. The van der Waals surface area contributed by atoms with Crippen LogP contribution >= 0.6 is 12.4 Å². The summed E-state index contributed by atoms with van der Waals surface area (Å²) >= 11 is 0. The first-order chi connectivity index (χ1) is 8.24. The number of nitrogen functional groups attached to an aromatic ring is 1. The summed E-state index contributed by atoms with van der Waals surface area (Å²) in [4.78, 5) is 4.75. The quantitative estimate of drug-likeness (QED) is 0.801. The summed E-state index contributed by atoms with van der Waals surface area (Å²) in [6.07, 6.45) is 4.65. The van der Waals surface area contributed by atoms with Crippen LogP contribution < -0.4 is 5.73 Å². The number of fused-ring (bicyclic) bond motifs is 1. The van der Waals surface area contributed by atoms with Crippen LogP contribution in [0.1, 0.15) is 31.5 Å². The molecule has 0 radical (unpaired) electrons. The van der Waals surface area contributed by atoms with Gasteiger partial charge in [0.2, 0.25) is 0 Å². The summed E-state index contributed by atoms with van der Waals surface area (Å²) in [5.74, 6) is 1.78. The minimum Gasteiger partial charge on any atom is -0.399 e. The summed E-state index contributed by atoms with van der Waals surface area (Å²) in [5, 5.41) is 0. The van der Waals surface area contributed by atoms with Crippen LogP contribution in [-0.2, 0) is 6.54 Å². The number of hydrogen-bond acceptors (Lipinski definition) is 2. The topological polar surface area (TPSA) is 43.8 Å². The van der Waals surface area contributed by atoms with Gasteiger partial charge in [0.1, 0.15) is 5.82 Å². The number of aryl methyl sites for hydroxylation is 1. The maximum absolute atomic E-state index is 5.81. The average Bonchev–Trinajstić information content (AvgIpc) is 2.74. The van der Waals surface area contributed by atoms with Crippen LogP contribution in [0.2, 0.25) is 0 Å². The van der Waals surface area contributed by atoms with Crippen molar-refractivity contribution in [1.29, 1.82) is 0 Å². The fourth-order valence-electron chi connectivity index (χ4n) is 2.54. The molecule has 18 heavy (non-hydrogen) atoms. The van der Waals surface area contributed by atoms with Gasteiger partial charge < -0.3 is 10.3 Å². The molecule has 1 aromatic carbocycles. The number of nitrogens with two attached hydrogens (primary N) is 1. The SMILES string of the molecule is CC1CCCn2cc(-c3cccc(N)c3)nc21.Cl. The van der Waals surface area contributed by atoms with E-state index in [0.717, 1.165) is 23.5 Å². The molecular weight excluding hydrogens is 246 g/mol. The second-order valence-electron chi connectivity index (χ2n) is 4.85. The van der Waals surface area contributed by atoms with Crippen LogP contribution in [0.3, 0.4) is 0 Å². The van der Waals surface area contributed by atoms with Crippen LogP contribution in [0.25, 0.3) is 11.3 Å². The summed E-state index contributed by atoms with van der Waals surface area (Å²) in [7, 11) is 0. The fourth-order valence-corrected chi connectivity index (χ4v) is 2.54. The molecule has 2 N–H and O–H groups in total. The molecule has 1 aliphatic rings. The molecule has 1 atom stereocenters. The zero-order valence-corrected chi connectivity index (χ0v) is 11.3. The Morgan fingerprint density at radius 3 is 2.94 bits per heavy atom. The van der Waals surface area contributed by atoms with Crippen molar-refractivity contribution < 1.29 is 0 Å². The van der Waals surface area contributed by atoms with Gasteiger partial charge in [0.05, 0.1) is 5.69 Å². The average molecular weight is 264 g/mol. The molecule has 0 bridgehead atoms. The Morgan fingerprint density at radius 2 is 2.22 bits per heavy atom. The number of halogens is 1. The first-order valence-electron chi connectivity index (χ1n) is 6.17. The van der Waals surface area contributed by atoms with Crippen LogP contribution in [-0.4, -0.2) is 9.55 Å². The standard InChI is InChI=1S/C14H17N3.ClH/c1-10-4-3-7-17-9-13(16-14(10)17)11-5-2-6-12(15)8-11;/h2,5-6,8-10H,3-4,7,15H2,1H3;1H. The monoisotopic (exact) mass is 263 g/mol. The van der Waals surface area contributed by atoms with Gasteiger partial charge in [0, 0.05) is 29.9 Å². The van der Waals surface area contributed by atoms with Crippen molar-refractivity contribution in [1.82, 2.24) is 9.55 Å². The van der Waals surface area contributed by atoms with Gasteiger partial charge in [-0.25, -0.2) is 4.98 Å². The Hall–Kier alpha value is -1.48. The van der Waals surface area contributed by atoms with Crippen molar-refractivity contribution in [2.75, 3.05) is 5.73 Å². The van der Waals surface area contributed by atoms with Crippen LogP contribution in [0.5, 0.6) is 0 Å². The molecule has 0 saturated carbocycles. The van der Waals surface area contributed by atoms with E-state index in [1.54, 1.807) is 0 Å². The minimum atomic E-state index is 0. The molecule has 1 aromatic heterocycles. The summed E-state index contributed by atoms with van der Waals surface area (Å²) in [6.45, 7) is 3.34. The highest BCUT2D eigenvalue weighted by Gasteiger charge is 2.19. The van der Waals surface area contributed by atoms with E-state index in [2.05, 4.69) is 23.8 Å². The normalized spacial score (nSPS) is 17.9. The third-order valence-corrected chi connectivity index (χ3v) is 3.47. The van der Waals surface area contributed by atoms with Gasteiger partial charge in [0.25, 0.3) is 0 Å². The number of rotatable bonds is 1. The maximum atomic E-state index is 5.81. The number of nitrogens with zero attached hydrogens (tertiary/aromatic N) is 2. The Bertz CT molecular complexity index is 548. The predicted molar refractivity (Wildman–Crippen MR) is 77.0 cm³/mol. The summed E-state index contributed by atoms with van der Waals surface area (Å²) in [5.41, 5.74) is 8.76. The summed E-state index contributed by atoms with van der Waals surface area (Å²) in [6, 6.07) is 7.93. The molecule has 3 nitrogen and oxygen atoms in total. The lowest BCUT2D eigenvalue weighted by Crippen LogP contribution is -2.12. The van der Waals surface area contributed by atoms with E-state index >= 15 is 0 Å². The molecule has 0 amide bonds. The number of benzene rings is 1. The van der Waals surface area contributed by atoms with Crippen LogP contribution in [0, 0.1) is 0 Å². The van der Waals surface area contributed by atoms with Crippen molar-refractivity contribution in [3.05, 3.63) is 36.3 Å². The largest absolute Gasteiger partial charge is 0.399 e. The van der Waals surface area contributed by atoms with Crippen molar-refractivity contribution in [2.24, 2.45) is 0 Å². The Balaban J connectivity index is 0.00000120. The summed E-state index contributed by atoms with van der Waals surface area (Å²) < 4.78 is 2.28. The number of aromatic nitrogens is 2.